The molecule has 0 radical (unpaired) electrons. The third-order valence-corrected chi connectivity index (χ3v) is 5.89. The lowest BCUT2D eigenvalue weighted by molar-refractivity contribution is 0.346. The number of aromatic nitrogens is 3. The van der Waals surface area contributed by atoms with Gasteiger partial charge in [-0.15, -0.1) is 10.2 Å². The number of fused-ring (bicyclic) bond motifs is 2. The molecule has 1 atom stereocenters. The number of nitrogens with zero attached hydrogens (tertiary/aromatic N) is 4. The van der Waals surface area contributed by atoms with Gasteiger partial charge in [-0.1, -0.05) is 47.7 Å². The normalized spacial score (nSPS) is 17.3. The van der Waals surface area contributed by atoms with Crippen LogP contribution in [0.3, 0.4) is 0 Å². The third kappa shape index (κ3) is 3.29. The molecule has 6 nitrogen and oxygen atoms in total. The molecular formula is C21H19N5OS. The summed E-state index contributed by atoms with van der Waals surface area (Å²) in [4.78, 5) is 0. The van der Waals surface area contributed by atoms with E-state index in [0.717, 1.165) is 28.0 Å². The SMILES string of the molecule is Cc1ccc(NCc2nnc3n2N=CC(C2=Cc4ccccc4OC2)S3)cc1. The van der Waals surface area contributed by atoms with E-state index in [1.54, 1.807) is 16.4 Å². The Kier molecular flexibility index (Phi) is 4.37. The van der Waals surface area contributed by atoms with Crippen molar-refractivity contribution in [1.29, 1.82) is 0 Å². The van der Waals surface area contributed by atoms with E-state index in [2.05, 4.69) is 63.9 Å². The molecule has 0 amide bonds. The Morgan fingerprint density at radius 1 is 1.14 bits per heavy atom. The maximum absolute atomic E-state index is 5.88. The lowest BCUT2D eigenvalue weighted by Gasteiger charge is -2.23. The van der Waals surface area contributed by atoms with E-state index < -0.39 is 0 Å². The smallest absolute Gasteiger partial charge is 0.213 e. The fraction of sp³-hybridized carbons (Fsp3) is 0.190. The van der Waals surface area contributed by atoms with E-state index in [0.29, 0.717) is 13.2 Å². The lowest BCUT2D eigenvalue weighted by Crippen LogP contribution is -2.22. The van der Waals surface area contributed by atoms with Crippen LogP contribution in [0.15, 0.2) is 64.4 Å². The molecule has 2 aliphatic rings. The maximum Gasteiger partial charge on any atom is 0.213 e. The van der Waals surface area contributed by atoms with Crippen LogP contribution in [0.25, 0.3) is 6.08 Å². The Morgan fingerprint density at radius 3 is 2.89 bits per heavy atom. The Hall–Kier alpha value is -3.06. The minimum absolute atomic E-state index is 0.1000. The second-order valence-electron chi connectivity index (χ2n) is 6.78. The molecular weight excluding hydrogens is 370 g/mol. The van der Waals surface area contributed by atoms with Gasteiger partial charge < -0.3 is 10.1 Å². The fourth-order valence-corrected chi connectivity index (χ4v) is 4.16. The van der Waals surface area contributed by atoms with Crippen LogP contribution in [0.4, 0.5) is 5.69 Å². The topological polar surface area (TPSA) is 64.3 Å². The van der Waals surface area contributed by atoms with E-state index in [9.17, 15) is 0 Å². The molecule has 0 aliphatic carbocycles. The highest BCUT2D eigenvalue weighted by Gasteiger charge is 2.26. The first-order valence-electron chi connectivity index (χ1n) is 9.14. The first-order chi connectivity index (χ1) is 13.8. The molecule has 0 spiro atoms. The first-order valence-corrected chi connectivity index (χ1v) is 10.0. The van der Waals surface area contributed by atoms with Gasteiger partial charge in [0, 0.05) is 17.5 Å². The maximum atomic E-state index is 5.88. The molecule has 1 aromatic heterocycles. The van der Waals surface area contributed by atoms with Crippen molar-refractivity contribution in [3.05, 3.63) is 71.1 Å². The number of thioether (sulfide) groups is 1. The largest absolute Gasteiger partial charge is 0.489 e. The van der Waals surface area contributed by atoms with Crippen molar-refractivity contribution in [2.45, 2.75) is 23.9 Å². The first kappa shape index (κ1) is 17.1. The van der Waals surface area contributed by atoms with Gasteiger partial charge in [0.25, 0.3) is 0 Å². The van der Waals surface area contributed by atoms with Crippen LogP contribution < -0.4 is 10.1 Å². The summed E-state index contributed by atoms with van der Waals surface area (Å²) in [6, 6.07) is 16.4. The standard InChI is InChI=1S/C21H19N5OS/c1-14-6-8-17(9-7-14)22-12-20-24-25-21-26(20)23-11-19(28-21)16-10-15-4-2-3-5-18(15)27-13-16/h2-11,19,22H,12-13H2,1H3. The van der Waals surface area contributed by atoms with Crippen LogP contribution in [0.2, 0.25) is 0 Å². The highest BCUT2D eigenvalue weighted by atomic mass is 32.2. The van der Waals surface area contributed by atoms with Crippen LogP contribution in [0.1, 0.15) is 17.0 Å². The van der Waals surface area contributed by atoms with Gasteiger partial charge >= 0.3 is 0 Å². The zero-order chi connectivity index (χ0) is 18.9. The second-order valence-corrected chi connectivity index (χ2v) is 7.89. The number of hydrogen-bond acceptors (Lipinski definition) is 6. The van der Waals surface area contributed by atoms with Crippen LogP contribution >= 0.6 is 11.8 Å². The van der Waals surface area contributed by atoms with Crippen LogP contribution in [0.5, 0.6) is 5.75 Å². The zero-order valence-corrected chi connectivity index (χ0v) is 16.2. The monoisotopic (exact) mass is 389 g/mol. The van der Waals surface area contributed by atoms with Crippen LogP contribution in [0, 0.1) is 6.92 Å². The molecule has 0 fully saturated rings. The summed E-state index contributed by atoms with van der Waals surface area (Å²) in [7, 11) is 0. The van der Waals surface area contributed by atoms with Gasteiger partial charge in [-0.25, -0.2) is 0 Å². The Bertz CT molecular complexity index is 1070. The molecule has 1 unspecified atom stereocenters. The van der Waals surface area contributed by atoms with Gasteiger partial charge in [-0.3, -0.25) is 0 Å². The van der Waals surface area contributed by atoms with Gasteiger partial charge in [-0.2, -0.15) is 9.78 Å². The molecule has 28 heavy (non-hydrogen) atoms. The number of anilines is 1. The van der Waals surface area contributed by atoms with Crippen molar-refractivity contribution in [1.82, 2.24) is 14.9 Å². The van der Waals surface area contributed by atoms with Gasteiger partial charge in [0.2, 0.25) is 5.16 Å². The number of rotatable bonds is 4. The Morgan fingerprint density at radius 2 is 2.00 bits per heavy atom. The Labute approximate surface area is 167 Å². The molecule has 0 saturated carbocycles. The summed E-state index contributed by atoms with van der Waals surface area (Å²) in [5.41, 5.74) is 4.58. The summed E-state index contributed by atoms with van der Waals surface area (Å²) >= 11 is 1.65. The highest BCUT2D eigenvalue weighted by Crippen LogP contribution is 2.34. The van der Waals surface area contributed by atoms with Crippen molar-refractivity contribution in [2.24, 2.45) is 5.10 Å². The molecule has 2 aliphatic heterocycles. The predicted octanol–water partition coefficient (Wildman–Crippen LogP) is 3.98. The molecule has 140 valence electrons. The van der Waals surface area contributed by atoms with Crippen molar-refractivity contribution < 1.29 is 4.74 Å². The van der Waals surface area contributed by atoms with Gasteiger partial charge in [-0.05, 0) is 36.8 Å². The summed E-state index contributed by atoms with van der Waals surface area (Å²) in [5, 5.41) is 17.5. The minimum Gasteiger partial charge on any atom is -0.489 e. The summed E-state index contributed by atoms with van der Waals surface area (Å²) in [6.45, 7) is 3.21. The van der Waals surface area contributed by atoms with Gasteiger partial charge in [0.15, 0.2) is 5.82 Å². The average molecular weight is 389 g/mol. The van der Waals surface area contributed by atoms with Gasteiger partial charge in [0.1, 0.15) is 12.4 Å². The lowest BCUT2D eigenvalue weighted by atomic mass is 10.1. The third-order valence-electron chi connectivity index (χ3n) is 4.75. The molecule has 2 aromatic carbocycles. The summed E-state index contributed by atoms with van der Waals surface area (Å²) in [5.74, 6) is 1.72. The number of para-hydroxylation sites is 1. The number of hydrogen-bond donors (Lipinski definition) is 1. The van der Waals surface area contributed by atoms with Gasteiger partial charge in [0.05, 0.1) is 11.8 Å². The molecule has 5 rings (SSSR count). The zero-order valence-electron chi connectivity index (χ0n) is 15.4. The molecule has 1 N–H and O–H groups in total. The predicted molar refractivity (Wildman–Crippen MR) is 112 cm³/mol. The van der Waals surface area contributed by atoms with Crippen LogP contribution in [-0.4, -0.2) is 32.9 Å². The average Bonchev–Trinajstić information content (AvgIpc) is 3.15. The number of nitrogens with one attached hydrogen (secondary N) is 1. The van der Waals surface area contributed by atoms with Crippen molar-refractivity contribution in [3.63, 3.8) is 0 Å². The summed E-state index contributed by atoms with van der Waals surface area (Å²) < 4.78 is 7.69. The number of ether oxygens (including phenoxy) is 1. The molecule has 0 saturated heterocycles. The quantitative estimate of drug-likeness (QED) is 0.731. The van der Waals surface area contributed by atoms with E-state index in [-0.39, 0.29) is 5.25 Å². The molecule has 3 aromatic rings. The van der Waals surface area contributed by atoms with E-state index in [4.69, 9.17) is 4.74 Å². The van der Waals surface area contributed by atoms with E-state index in [1.807, 2.05) is 24.4 Å². The molecule has 7 heteroatoms. The second kappa shape index (κ2) is 7.16. The highest BCUT2D eigenvalue weighted by molar-refractivity contribution is 8.00. The number of aryl methyl sites for hydroxylation is 1. The van der Waals surface area contributed by atoms with E-state index in [1.165, 1.54) is 11.1 Å². The Balaban J connectivity index is 1.31. The minimum atomic E-state index is 0.1000. The van der Waals surface area contributed by atoms with Crippen LogP contribution in [-0.2, 0) is 6.54 Å². The molecule has 0 bridgehead atoms. The molecule has 3 heterocycles. The van der Waals surface area contributed by atoms with Crippen molar-refractivity contribution >= 4 is 29.7 Å². The van der Waals surface area contributed by atoms with Crippen molar-refractivity contribution in [2.75, 3.05) is 11.9 Å². The van der Waals surface area contributed by atoms with E-state index >= 15 is 0 Å². The van der Waals surface area contributed by atoms with Crippen molar-refractivity contribution in [3.8, 4) is 5.75 Å². The number of benzene rings is 2. The fourth-order valence-electron chi connectivity index (χ4n) is 3.19. The summed E-state index contributed by atoms with van der Waals surface area (Å²) in [6.07, 6.45) is 4.13.